The molecule has 2 aromatic carbocycles. The zero-order valence-corrected chi connectivity index (χ0v) is 16.0. The number of nitrogens with zero attached hydrogens (tertiary/aromatic N) is 1. The van der Waals surface area contributed by atoms with Crippen molar-refractivity contribution in [3.63, 3.8) is 0 Å². The summed E-state index contributed by atoms with van der Waals surface area (Å²) in [7, 11) is -3.76. The molecular weight excluding hydrogens is 424 g/mol. The second-order valence-electron chi connectivity index (χ2n) is 5.44. The van der Waals surface area contributed by atoms with Gasteiger partial charge < -0.3 is 4.98 Å². The topological polar surface area (TPSA) is 73.7 Å². The molecule has 0 atom stereocenters. The normalized spacial score (nSPS) is 12.3. The van der Waals surface area contributed by atoms with Gasteiger partial charge in [0.25, 0.3) is 0 Å². The molecule has 0 amide bonds. The molecular formula is C18H12BrClN2O2S. The number of rotatable bonds is 4. The first-order valence-electron chi connectivity index (χ1n) is 7.25. The second kappa shape index (κ2) is 7.04. The Morgan fingerprint density at radius 2 is 1.96 bits per heavy atom. The van der Waals surface area contributed by atoms with Gasteiger partial charge in [-0.2, -0.15) is 5.26 Å². The first-order valence-corrected chi connectivity index (χ1v) is 10.1. The van der Waals surface area contributed by atoms with E-state index in [-0.39, 0.29) is 10.7 Å². The molecule has 25 heavy (non-hydrogen) atoms. The van der Waals surface area contributed by atoms with Gasteiger partial charge in [0, 0.05) is 32.2 Å². The minimum Gasteiger partial charge on any atom is -0.361 e. The summed E-state index contributed by atoms with van der Waals surface area (Å²) in [4.78, 5) is 2.79. The molecule has 126 valence electrons. The van der Waals surface area contributed by atoms with Crippen LogP contribution in [-0.2, 0) is 15.6 Å². The maximum absolute atomic E-state index is 12.6. The third-order valence-electron chi connectivity index (χ3n) is 3.68. The SMILES string of the molecule is N#C/C(=C/c1c[nH]c2ccc(Br)cc12)S(=O)(=O)Cc1ccc(Cl)cc1. The molecule has 1 aromatic heterocycles. The van der Waals surface area contributed by atoms with Gasteiger partial charge in [0.1, 0.15) is 11.0 Å². The van der Waals surface area contributed by atoms with E-state index in [0.29, 0.717) is 16.1 Å². The number of fused-ring (bicyclic) bond motifs is 1. The number of benzene rings is 2. The monoisotopic (exact) mass is 434 g/mol. The van der Waals surface area contributed by atoms with Gasteiger partial charge in [-0.25, -0.2) is 8.42 Å². The van der Waals surface area contributed by atoms with Crippen molar-refractivity contribution in [3.05, 3.63) is 74.2 Å². The number of halogens is 2. The lowest BCUT2D eigenvalue weighted by atomic mass is 10.1. The van der Waals surface area contributed by atoms with Crippen molar-refractivity contribution in [2.75, 3.05) is 0 Å². The predicted octanol–water partition coefficient (Wildman–Crippen LogP) is 5.06. The number of H-pyrrole nitrogens is 1. The van der Waals surface area contributed by atoms with E-state index in [1.165, 1.54) is 6.08 Å². The Balaban J connectivity index is 2.00. The fraction of sp³-hybridized carbons (Fsp3) is 0.0556. The molecule has 3 aromatic rings. The summed E-state index contributed by atoms with van der Waals surface area (Å²) in [6.45, 7) is 0. The number of aromatic amines is 1. The highest BCUT2D eigenvalue weighted by Gasteiger charge is 2.19. The lowest BCUT2D eigenvalue weighted by Gasteiger charge is -2.04. The first-order chi connectivity index (χ1) is 11.9. The molecule has 0 bridgehead atoms. The molecule has 3 rings (SSSR count). The molecule has 0 aliphatic carbocycles. The number of sulfone groups is 1. The van der Waals surface area contributed by atoms with Crippen molar-refractivity contribution < 1.29 is 8.42 Å². The maximum Gasteiger partial charge on any atom is 0.192 e. The van der Waals surface area contributed by atoms with E-state index in [9.17, 15) is 13.7 Å². The summed E-state index contributed by atoms with van der Waals surface area (Å²) in [5.41, 5.74) is 2.08. The summed E-state index contributed by atoms with van der Waals surface area (Å²) in [5, 5.41) is 10.7. The Labute approximate surface area is 158 Å². The number of nitrogens with one attached hydrogen (secondary N) is 1. The average molecular weight is 436 g/mol. The third-order valence-corrected chi connectivity index (χ3v) is 6.02. The number of nitriles is 1. The van der Waals surface area contributed by atoms with Crippen LogP contribution in [0.1, 0.15) is 11.1 Å². The number of hydrogen-bond acceptors (Lipinski definition) is 3. The summed E-state index contributed by atoms with van der Waals surface area (Å²) in [6, 6.07) is 14.0. The molecule has 0 radical (unpaired) electrons. The molecule has 1 heterocycles. The van der Waals surface area contributed by atoms with Crippen molar-refractivity contribution in [2.45, 2.75) is 5.75 Å². The molecule has 0 unspecified atom stereocenters. The summed E-state index contributed by atoms with van der Waals surface area (Å²) in [5.74, 6) is -0.254. The van der Waals surface area contributed by atoms with Crippen LogP contribution in [0.2, 0.25) is 5.02 Å². The van der Waals surface area contributed by atoms with Crippen LogP contribution in [0.3, 0.4) is 0 Å². The Bertz CT molecular complexity index is 1110. The Hall–Kier alpha value is -2.07. The molecule has 0 aliphatic heterocycles. The molecule has 0 spiro atoms. The van der Waals surface area contributed by atoms with E-state index >= 15 is 0 Å². The Morgan fingerprint density at radius 3 is 2.64 bits per heavy atom. The van der Waals surface area contributed by atoms with E-state index in [0.717, 1.165) is 15.4 Å². The summed E-state index contributed by atoms with van der Waals surface area (Å²) in [6.07, 6.45) is 3.09. The largest absolute Gasteiger partial charge is 0.361 e. The zero-order chi connectivity index (χ0) is 18.0. The summed E-state index contributed by atoms with van der Waals surface area (Å²) >= 11 is 9.21. The van der Waals surface area contributed by atoms with Crippen LogP contribution in [-0.4, -0.2) is 13.4 Å². The first kappa shape index (κ1) is 17.7. The van der Waals surface area contributed by atoms with Gasteiger partial charge in [0.05, 0.1) is 5.75 Å². The van der Waals surface area contributed by atoms with Gasteiger partial charge in [0.15, 0.2) is 9.84 Å². The highest BCUT2D eigenvalue weighted by atomic mass is 79.9. The van der Waals surface area contributed by atoms with E-state index < -0.39 is 9.84 Å². The van der Waals surface area contributed by atoms with Crippen molar-refractivity contribution in [2.24, 2.45) is 0 Å². The number of hydrogen-bond donors (Lipinski definition) is 1. The van der Waals surface area contributed by atoms with E-state index in [1.807, 2.05) is 24.3 Å². The van der Waals surface area contributed by atoms with Crippen molar-refractivity contribution in [3.8, 4) is 6.07 Å². The molecule has 0 saturated carbocycles. The van der Waals surface area contributed by atoms with Gasteiger partial charge in [-0.1, -0.05) is 39.7 Å². The Morgan fingerprint density at radius 1 is 1.24 bits per heavy atom. The van der Waals surface area contributed by atoms with Gasteiger partial charge in [0.2, 0.25) is 0 Å². The molecule has 1 N–H and O–H groups in total. The van der Waals surface area contributed by atoms with Crippen LogP contribution in [0, 0.1) is 11.3 Å². The predicted molar refractivity (Wildman–Crippen MR) is 104 cm³/mol. The van der Waals surface area contributed by atoms with Gasteiger partial charge in [-0.05, 0) is 42.0 Å². The van der Waals surface area contributed by atoms with Crippen molar-refractivity contribution in [1.82, 2.24) is 4.98 Å². The quantitative estimate of drug-likeness (QED) is 0.582. The maximum atomic E-state index is 12.6. The zero-order valence-electron chi connectivity index (χ0n) is 12.8. The van der Waals surface area contributed by atoms with Crippen LogP contribution in [0.4, 0.5) is 0 Å². The van der Waals surface area contributed by atoms with E-state index in [2.05, 4.69) is 20.9 Å². The van der Waals surface area contributed by atoms with Crippen molar-refractivity contribution >= 4 is 54.3 Å². The molecule has 7 heteroatoms. The summed E-state index contributed by atoms with van der Waals surface area (Å²) < 4.78 is 26.1. The molecule has 4 nitrogen and oxygen atoms in total. The van der Waals surface area contributed by atoms with E-state index in [4.69, 9.17) is 11.6 Å². The second-order valence-corrected chi connectivity index (χ2v) is 8.75. The van der Waals surface area contributed by atoms with E-state index in [1.54, 1.807) is 30.5 Å². The third kappa shape index (κ3) is 3.96. The molecule has 0 fully saturated rings. The standard InChI is InChI=1S/C18H12BrClN2O2S/c19-14-3-6-18-17(8-14)13(10-22-18)7-16(9-21)25(23,24)11-12-1-4-15(20)5-2-12/h1-8,10,22H,11H2/b16-7-. The molecule has 0 aliphatic rings. The highest BCUT2D eigenvalue weighted by Crippen LogP contribution is 2.26. The number of allylic oxidation sites excluding steroid dienone is 1. The van der Waals surface area contributed by atoms with Crippen LogP contribution in [0.15, 0.2) is 58.0 Å². The van der Waals surface area contributed by atoms with Crippen LogP contribution >= 0.6 is 27.5 Å². The minimum absolute atomic E-state index is 0.254. The minimum atomic E-state index is -3.76. The van der Waals surface area contributed by atoms with Gasteiger partial charge in [-0.3, -0.25) is 0 Å². The lowest BCUT2D eigenvalue weighted by Crippen LogP contribution is -2.06. The van der Waals surface area contributed by atoms with Crippen LogP contribution in [0.25, 0.3) is 17.0 Å². The Kier molecular flexibility index (Phi) is 5.00. The number of aromatic nitrogens is 1. The van der Waals surface area contributed by atoms with Crippen molar-refractivity contribution in [1.29, 1.82) is 5.26 Å². The average Bonchev–Trinajstić information content (AvgIpc) is 2.96. The lowest BCUT2D eigenvalue weighted by molar-refractivity contribution is 0.602. The fourth-order valence-electron chi connectivity index (χ4n) is 2.44. The van der Waals surface area contributed by atoms with Gasteiger partial charge in [-0.15, -0.1) is 0 Å². The smallest absolute Gasteiger partial charge is 0.192 e. The highest BCUT2D eigenvalue weighted by molar-refractivity contribution is 9.10. The van der Waals surface area contributed by atoms with Crippen LogP contribution in [0.5, 0.6) is 0 Å². The fourth-order valence-corrected chi connectivity index (χ4v) is 4.16. The van der Waals surface area contributed by atoms with Gasteiger partial charge >= 0.3 is 0 Å². The molecule has 0 saturated heterocycles. The van der Waals surface area contributed by atoms with Crippen LogP contribution < -0.4 is 0 Å².